The number of carboxylic acids is 2. The van der Waals surface area contributed by atoms with E-state index in [2.05, 4.69) is 0 Å². The van der Waals surface area contributed by atoms with Crippen molar-refractivity contribution in [2.75, 3.05) is 0 Å². The van der Waals surface area contributed by atoms with Crippen LogP contribution in [-0.2, 0) is 22.4 Å². The second-order valence-electron chi connectivity index (χ2n) is 7.20. The molecule has 0 aliphatic carbocycles. The summed E-state index contributed by atoms with van der Waals surface area (Å²) in [5, 5.41) is 17.2. The van der Waals surface area contributed by atoms with E-state index in [-0.39, 0.29) is 18.7 Å². The summed E-state index contributed by atoms with van der Waals surface area (Å²) in [6, 6.07) is 5.31. The number of halogens is 1. The molecule has 0 aromatic heterocycles. The van der Waals surface area contributed by atoms with Crippen molar-refractivity contribution in [3.63, 3.8) is 0 Å². The highest BCUT2D eigenvalue weighted by Gasteiger charge is 2.08. The summed E-state index contributed by atoms with van der Waals surface area (Å²) in [7, 11) is 0. The minimum atomic E-state index is -0.743. The molecule has 0 aliphatic rings. The zero-order chi connectivity index (χ0) is 19.9. The molecule has 0 atom stereocenters. The molecule has 0 amide bonds. The van der Waals surface area contributed by atoms with Crippen LogP contribution in [0.25, 0.3) is 0 Å². The zero-order valence-electron chi connectivity index (χ0n) is 16.2. The Morgan fingerprint density at radius 2 is 1.19 bits per heavy atom. The lowest BCUT2D eigenvalue weighted by Gasteiger charge is -2.11. The van der Waals surface area contributed by atoms with Crippen molar-refractivity contribution in [2.45, 2.75) is 89.9 Å². The van der Waals surface area contributed by atoms with Gasteiger partial charge in [0.05, 0.1) is 0 Å². The lowest BCUT2D eigenvalue weighted by atomic mass is 9.96. The van der Waals surface area contributed by atoms with Gasteiger partial charge in [0.2, 0.25) is 0 Å². The predicted octanol–water partition coefficient (Wildman–Crippen LogP) is 5.76. The standard InChI is InChI=1S/C22H33FO4/c23-20-15-11-13-18(12-7-3-1-5-9-16-21(24)25)19(20)14-8-4-2-6-10-17-22(26)27/h11,13,15H,1-10,12,14,16-17H2,(H,24,25)(H,26,27). The van der Waals surface area contributed by atoms with E-state index in [0.717, 1.165) is 81.8 Å². The quantitative estimate of drug-likeness (QED) is 0.357. The van der Waals surface area contributed by atoms with Crippen LogP contribution in [0.3, 0.4) is 0 Å². The molecule has 1 aromatic rings. The highest BCUT2D eigenvalue weighted by molar-refractivity contribution is 5.66. The molecule has 5 heteroatoms. The molecular formula is C22H33FO4. The van der Waals surface area contributed by atoms with Crippen molar-refractivity contribution in [1.82, 2.24) is 0 Å². The van der Waals surface area contributed by atoms with Crippen molar-refractivity contribution in [3.05, 3.63) is 35.1 Å². The van der Waals surface area contributed by atoms with Crippen LogP contribution in [0.2, 0.25) is 0 Å². The van der Waals surface area contributed by atoms with Crippen molar-refractivity contribution in [1.29, 1.82) is 0 Å². The second-order valence-corrected chi connectivity index (χ2v) is 7.20. The van der Waals surface area contributed by atoms with Gasteiger partial charge in [-0.15, -0.1) is 0 Å². The van der Waals surface area contributed by atoms with Gasteiger partial charge in [-0.25, -0.2) is 4.39 Å². The van der Waals surface area contributed by atoms with E-state index in [1.54, 1.807) is 6.07 Å². The number of hydrogen-bond acceptors (Lipinski definition) is 2. The zero-order valence-corrected chi connectivity index (χ0v) is 16.2. The Morgan fingerprint density at radius 3 is 1.74 bits per heavy atom. The Balaban J connectivity index is 2.26. The first-order valence-corrected chi connectivity index (χ1v) is 10.2. The van der Waals surface area contributed by atoms with E-state index >= 15 is 0 Å². The summed E-state index contributed by atoms with van der Waals surface area (Å²) in [6.45, 7) is 0. The number of benzene rings is 1. The fourth-order valence-corrected chi connectivity index (χ4v) is 3.35. The molecule has 0 unspecified atom stereocenters. The van der Waals surface area contributed by atoms with Gasteiger partial charge in [0, 0.05) is 12.8 Å². The van der Waals surface area contributed by atoms with Gasteiger partial charge in [-0.2, -0.15) is 0 Å². The maximum atomic E-state index is 14.2. The molecule has 0 spiro atoms. The third kappa shape index (κ3) is 11.4. The van der Waals surface area contributed by atoms with Crippen molar-refractivity contribution in [3.8, 4) is 0 Å². The van der Waals surface area contributed by atoms with E-state index in [9.17, 15) is 14.0 Å². The van der Waals surface area contributed by atoms with Crippen LogP contribution in [0, 0.1) is 5.82 Å². The van der Waals surface area contributed by atoms with Crippen molar-refractivity contribution < 1.29 is 24.2 Å². The fraction of sp³-hybridized carbons (Fsp3) is 0.636. The normalized spacial score (nSPS) is 10.9. The molecule has 0 heterocycles. The van der Waals surface area contributed by atoms with Crippen LogP contribution in [0.1, 0.15) is 88.2 Å². The number of aliphatic carboxylic acids is 2. The Labute approximate surface area is 161 Å². The highest BCUT2D eigenvalue weighted by Crippen LogP contribution is 2.20. The third-order valence-corrected chi connectivity index (χ3v) is 4.87. The molecule has 2 N–H and O–H groups in total. The summed E-state index contributed by atoms with van der Waals surface area (Å²) in [5.41, 5.74) is 1.92. The number of carboxylic acid groups (broad SMARTS) is 2. The van der Waals surface area contributed by atoms with Gasteiger partial charge in [0.1, 0.15) is 5.82 Å². The van der Waals surface area contributed by atoms with Gasteiger partial charge >= 0.3 is 11.9 Å². The minimum Gasteiger partial charge on any atom is -0.481 e. The maximum Gasteiger partial charge on any atom is 0.303 e. The van der Waals surface area contributed by atoms with Crippen LogP contribution < -0.4 is 0 Å². The molecule has 152 valence electrons. The van der Waals surface area contributed by atoms with Crippen LogP contribution in [0.5, 0.6) is 0 Å². The van der Waals surface area contributed by atoms with E-state index in [0.29, 0.717) is 6.42 Å². The summed E-state index contributed by atoms with van der Waals surface area (Å²) in [5.74, 6) is -1.60. The van der Waals surface area contributed by atoms with Gasteiger partial charge < -0.3 is 10.2 Å². The average molecular weight is 381 g/mol. The monoisotopic (exact) mass is 380 g/mol. The molecular weight excluding hydrogens is 347 g/mol. The first-order valence-electron chi connectivity index (χ1n) is 10.2. The number of aryl methyl sites for hydroxylation is 1. The van der Waals surface area contributed by atoms with Gasteiger partial charge in [-0.3, -0.25) is 9.59 Å². The summed E-state index contributed by atoms with van der Waals surface area (Å²) in [6.07, 6.45) is 11.3. The van der Waals surface area contributed by atoms with E-state index < -0.39 is 11.9 Å². The summed E-state index contributed by atoms with van der Waals surface area (Å²) in [4.78, 5) is 20.9. The molecule has 0 radical (unpaired) electrons. The fourth-order valence-electron chi connectivity index (χ4n) is 3.35. The van der Waals surface area contributed by atoms with Crippen LogP contribution in [0.4, 0.5) is 4.39 Å². The number of hydrogen-bond donors (Lipinski definition) is 2. The van der Waals surface area contributed by atoms with E-state index in [4.69, 9.17) is 10.2 Å². The first-order chi connectivity index (χ1) is 13.0. The Bertz CT molecular complexity index is 571. The molecule has 0 aliphatic heterocycles. The molecule has 27 heavy (non-hydrogen) atoms. The van der Waals surface area contributed by atoms with E-state index in [1.165, 1.54) is 6.07 Å². The van der Waals surface area contributed by atoms with Crippen molar-refractivity contribution in [2.24, 2.45) is 0 Å². The average Bonchev–Trinajstić information content (AvgIpc) is 2.61. The minimum absolute atomic E-state index is 0.125. The topological polar surface area (TPSA) is 74.6 Å². The number of rotatable bonds is 16. The number of unbranched alkanes of at least 4 members (excludes halogenated alkanes) is 8. The molecule has 0 fully saturated rings. The SMILES string of the molecule is O=C(O)CCCCCCCc1cccc(F)c1CCCCCCCC(=O)O. The van der Waals surface area contributed by atoms with Crippen molar-refractivity contribution >= 4 is 11.9 Å². The Morgan fingerprint density at radius 1 is 0.704 bits per heavy atom. The van der Waals surface area contributed by atoms with Gasteiger partial charge in [0.15, 0.2) is 0 Å². The number of carbonyl (C=O) groups is 2. The molecule has 0 bridgehead atoms. The van der Waals surface area contributed by atoms with Crippen LogP contribution in [0.15, 0.2) is 18.2 Å². The molecule has 1 rings (SSSR count). The largest absolute Gasteiger partial charge is 0.481 e. The first kappa shape index (κ1) is 23.1. The molecule has 1 aromatic carbocycles. The smallest absolute Gasteiger partial charge is 0.303 e. The highest BCUT2D eigenvalue weighted by atomic mass is 19.1. The predicted molar refractivity (Wildman–Crippen MR) is 104 cm³/mol. The van der Waals surface area contributed by atoms with E-state index in [1.807, 2.05) is 6.07 Å². The van der Waals surface area contributed by atoms with Crippen LogP contribution in [-0.4, -0.2) is 22.2 Å². The maximum absolute atomic E-state index is 14.2. The lowest BCUT2D eigenvalue weighted by molar-refractivity contribution is -0.138. The molecule has 0 saturated carbocycles. The van der Waals surface area contributed by atoms with Gasteiger partial charge in [0.25, 0.3) is 0 Å². The Kier molecular flexibility index (Phi) is 12.2. The van der Waals surface area contributed by atoms with Gasteiger partial charge in [-0.1, -0.05) is 50.7 Å². The second kappa shape index (κ2) is 14.2. The molecule has 4 nitrogen and oxygen atoms in total. The van der Waals surface area contributed by atoms with Gasteiger partial charge in [-0.05, 0) is 55.7 Å². The third-order valence-electron chi connectivity index (χ3n) is 4.87. The lowest BCUT2D eigenvalue weighted by Crippen LogP contribution is -1.99. The summed E-state index contributed by atoms with van der Waals surface area (Å²) < 4.78 is 14.2. The Hall–Kier alpha value is -1.91. The van der Waals surface area contributed by atoms with Crippen LogP contribution >= 0.6 is 0 Å². The summed E-state index contributed by atoms with van der Waals surface area (Å²) >= 11 is 0. The molecule has 0 saturated heterocycles.